The van der Waals surface area contributed by atoms with Gasteiger partial charge in [0, 0.05) is 5.69 Å². The van der Waals surface area contributed by atoms with Crippen molar-refractivity contribution in [3.8, 4) is 0 Å². The summed E-state index contributed by atoms with van der Waals surface area (Å²) in [5, 5.41) is 13.5. The van der Waals surface area contributed by atoms with Crippen LogP contribution >= 0.6 is 0 Å². The van der Waals surface area contributed by atoms with Crippen LogP contribution in [0.4, 0.5) is 5.69 Å². The highest BCUT2D eigenvalue weighted by Gasteiger charge is 2.23. The second kappa shape index (κ2) is 6.06. The minimum absolute atomic E-state index is 0.182. The Morgan fingerprint density at radius 1 is 1.24 bits per heavy atom. The molecular formula is C15H23NO. The number of anilines is 1. The van der Waals surface area contributed by atoms with E-state index in [4.69, 9.17) is 0 Å². The highest BCUT2D eigenvalue weighted by atomic mass is 16.3. The number of aliphatic hydroxyl groups is 1. The fourth-order valence-corrected chi connectivity index (χ4v) is 2.63. The van der Waals surface area contributed by atoms with Crippen LogP contribution in [0.25, 0.3) is 0 Å². The average Bonchev–Trinajstić information content (AvgIpc) is 2.35. The molecule has 2 atom stereocenters. The molecule has 0 heterocycles. The molecule has 0 radical (unpaired) electrons. The second-order valence-electron chi connectivity index (χ2n) is 5.01. The Labute approximate surface area is 104 Å². The predicted molar refractivity (Wildman–Crippen MR) is 72.3 cm³/mol. The number of rotatable bonds is 4. The maximum absolute atomic E-state index is 9.99. The van der Waals surface area contributed by atoms with Crippen molar-refractivity contribution in [2.24, 2.45) is 0 Å². The molecule has 1 fully saturated rings. The van der Waals surface area contributed by atoms with Gasteiger partial charge in [0.05, 0.1) is 12.1 Å². The molecule has 1 aliphatic carbocycles. The summed E-state index contributed by atoms with van der Waals surface area (Å²) in [7, 11) is 0. The minimum atomic E-state index is -0.182. The number of para-hydroxylation sites is 1. The topological polar surface area (TPSA) is 32.3 Å². The Hall–Kier alpha value is -1.02. The van der Waals surface area contributed by atoms with E-state index < -0.39 is 0 Å². The number of benzene rings is 1. The average molecular weight is 233 g/mol. The molecule has 1 aromatic carbocycles. The van der Waals surface area contributed by atoms with Gasteiger partial charge in [0.2, 0.25) is 0 Å². The fourth-order valence-electron chi connectivity index (χ4n) is 2.63. The van der Waals surface area contributed by atoms with Crippen molar-refractivity contribution in [3.05, 3.63) is 29.8 Å². The molecule has 2 rings (SSSR count). The van der Waals surface area contributed by atoms with Gasteiger partial charge >= 0.3 is 0 Å². The third-order valence-electron chi connectivity index (χ3n) is 3.61. The molecule has 0 saturated heterocycles. The van der Waals surface area contributed by atoms with Crippen molar-refractivity contribution in [2.45, 2.75) is 57.6 Å². The van der Waals surface area contributed by atoms with Crippen LogP contribution in [0.1, 0.15) is 44.6 Å². The molecular weight excluding hydrogens is 210 g/mol. The lowest BCUT2D eigenvalue weighted by Crippen LogP contribution is -2.36. The summed E-state index contributed by atoms with van der Waals surface area (Å²) < 4.78 is 0. The summed E-state index contributed by atoms with van der Waals surface area (Å²) in [6, 6.07) is 8.71. The quantitative estimate of drug-likeness (QED) is 0.836. The van der Waals surface area contributed by atoms with Crippen molar-refractivity contribution >= 4 is 5.69 Å². The van der Waals surface area contributed by atoms with Gasteiger partial charge in [-0.15, -0.1) is 0 Å². The standard InChI is InChI=1S/C15H23NO/c1-2-7-12-8-3-4-9-13(12)16-14-10-5-6-11-15(14)17/h3-4,8-9,14-17H,2,5-7,10-11H2,1H3/t14-,15-/m0/s1. The molecule has 1 aromatic rings. The van der Waals surface area contributed by atoms with E-state index in [1.807, 2.05) is 0 Å². The summed E-state index contributed by atoms with van der Waals surface area (Å²) >= 11 is 0. The highest BCUT2D eigenvalue weighted by Crippen LogP contribution is 2.24. The molecule has 0 spiro atoms. The van der Waals surface area contributed by atoms with E-state index in [1.165, 1.54) is 17.7 Å². The molecule has 2 nitrogen and oxygen atoms in total. The first-order valence-electron chi connectivity index (χ1n) is 6.83. The van der Waals surface area contributed by atoms with Gasteiger partial charge in [0.25, 0.3) is 0 Å². The maximum atomic E-state index is 9.99. The molecule has 1 saturated carbocycles. The van der Waals surface area contributed by atoms with Crippen LogP contribution in [0.5, 0.6) is 0 Å². The molecule has 0 amide bonds. The van der Waals surface area contributed by atoms with Gasteiger partial charge in [-0.1, -0.05) is 44.4 Å². The lowest BCUT2D eigenvalue weighted by molar-refractivity contribution is 0.116. The van der Waals surface area contributed by atoms with Gasteiger partial charge < -0.3 is 10.4 Å². The van der Waals surface area contributed by atoms with Crippen molar-refractivity contribution in [1.29, 1.82) is 0 Å². The normalized spacial score (nSPS) is 24.6. The maximum Gasteiger partial charge on any atom is 0.0741 e. The number of hydrogen-bond acceptors (Lipinski definition) is 2. The Kier molecular flexibility index (Phi) is 4.43. The predicted octanol–water partition coefficient (Wildman–Crippen LogP) is 3.35. The van der Waals surface area contributed by atoms with Gasteiger partial charge in [0.1, 0.15) is 0 Å². The lowest BCUT2D eigenvalue weighted by Gasteiger charge is -2.30. The second-order valence-corrected chi connectivity index (χ2v) is 5.01. The highest BCUT2D eigenvalue weighted by molar-refractivity contribution is 5.52. The number of hydrogen-bond donors (Lipinski definition) is 2. The van der Waals surface area contributed by atoms with Gasteiger partial charge in [-0.3, -0.25) is 0 Å². The number of nitrogens with one attached hydrogen (secondary N) is 1. The van der Waals surface area contributed by atoms with Crippen molar-refractivity contribution in [1.82, 2.24) is 0 Å². The van der Waals surface area contributed by atoms with E-state index in [0.717, 1.165) is 32.1 Å². The fraction of sp³-hybridized carbons (Fsp3) is 0.600. The van der Waals surface area contributed by atoms with Gasteiger partial charge in [-0.2, -0.15) is 0 Å². The largest absolute Gasteiger partial charge is 0.391 e. The van der Waals surface area contributed by atoms with Crippen LogP contribution in [0.15, 0.2) is 24.3 Å². The minimum Gasteiger partial charge on any atom is -0.391 e. The molecule has 0 aromatic heterocycles. The third-order valence-corrected chi connectivity index (χ3v) is 3.61. The molecule has 0 aliphatic heterocycles. The zero-order valence-electron chi connectivity index (χ0n) is 10.7. The van der Waals surface area contributed by atoms with Crippen molar-refractivity contribution in [3.63, 3.8) is 0 Å². The van der Waals surface area contributed by atoms with E-state index in [2.05, 4.69) is 36.5 Å². The Morgan fingerprint density at radius 2 is 2.00 bits per heavy atom. The summed E-state index contributed by atoms with van der Waals surface area (Å²) in [5.74, 6) is 0. The molecule has 0 bridgehead atoms. The Bertz CT molecular complexity index is 351. The van der Waals surface area contributed by atoms with Crippen LogP contribution < -0.4 is 5.32 Å². The van der Waals surface area contributed by atoms with E-state index in [1.54, 1.807) is 0 Å². The molecule has 94 valence electrons. The zero-order valence-corrected chi connectivity index (χ0v) is 10.7. The summed E-state index contributed by atoms with van der Waals surface area (Å²) in [6.07, 6.45) is 6.49. The first kappa shape index (κ1) is 12.4. The number of aryl methyl sites for hydroxylation is 1. The molecule has 0 unspecified atom stereocenters. The van der Waals surface area contributed by atoms with E-state index in [-0.39, 0.29) is 12.1 Å². The molecule has 2 heteroatoms. The van der Waals surface area contributed by atoms with Gasteiger partial charge in [-0.05, 0) is 30.9 Å². The van der Waals surface area contributed by atoms with Crippen molar-refractivity contribution < 1.29 is 5.11 Å². The van der Waals surface area contributed by atoms with E-state index >= 15 is 0 Å². The molecule has 1 aliphatic rings. The molecule has 2 N–H and O–H groups in total. The van der Waals surface area contributed by atoms with Crippen LogP contribution in [0, 0.1) is 0 Å². The monoisotopic (exact) mass is 233 g/mol. The Morgan fingerprint density at radius 3 is 2.76 bits per heavy atom. The first-order valence-corrected chi connectivity index (χ1v) is 6.83. The summed E-state index contributed by atoms with van der Waals surface area (Å²) in [6.45, 7) is 2.20. The summed E-state index contributed by atoms with van der Waals surface area (Å²) in [4.78, 5) is 0. The lowest BCUT2D eigenvalue weighted by atomic mass is 9.92. The summed E-state index contributed by atoms with van der Waals surface area (Å²) in [5.41, 5.74) is 2.58. The van der Waals surface area contributed by atoms with Crippen LogP contribution in [0.2, 0.25) is 0 Å². The van der Waals surface area contributed by atoms with E-state index in [9.17, 15) is 5.11 Å². The van der Waals surface area contributed by atoms with Crippen molar-refractivity contribution in [2.75, 3.05) is 5.32 Å². The SMILES string of the molecule is CCCc1ccccc1N[C@H]1CCCC[C@@H]1O. The molecule has 17 heavy (non-hydrogen) atoms. The van der Waals surface area contributed by atoms with Crippen LogP contribution in [-0.2, 0) is 6.42 Å². The van der Waals surface area contributed by atoms with Gasteiger partial charge in [0.15, 0.2) is 0 Å². The first-order chi connectivity index (χ1) is 8.31. The van der Waals surface area contributed by atoms with Crippen LogP contribution in [0.3, 0.4) is 0 Å². The third kappa shape index (κ3) is 3.22. The van der Waals surface area contributed by atoms with E-state index in [0.29, 0.717) is 0 Å². The zero-order chi connectivity index (χ0) is 12.1. The smallest absolute Gasteiger partial charge is 0.0741 e. The number of aliphatic hydroxyl groups excluding tert-OH is 1. The van der Waals surface area contributed by atoms with Crippen LogP contribution in [-0.4, -0.2) is 17.3 Å². The van der Waals surface area contributed by atoms with Gasteiger partial charge in [-0.25, -0.2) is 0 Å². The Balaban J connectivity index is 2.06.